The molecule has 0 fully saturated rings. The SMILES string of the molecule is CCCCCCCCCCC/C=C/C(O)C(CO)NC(=O)CC(O)CCCCCCCCCCCCCCCCCCCCCCCCCCCC. The van der Waals surface area contributed by atoms with E-state index in [1.54, 1.807) is 6.08 Å². The molecular formula is C47H93NO4. The molecule has 0 radical (unpaired) electrons. The van der Waals surface area contributed by atoms with E-state index in [4.69, 9.17) is 0 Å². The molecule has 0 saturated carbocycles. The smallest absolute Gasteiger partial charge is 0.222 e. The summed E-state index contributed by atoms with van der Waals surface area (Å²) in [5.41, 5.74) is 0. The molecule has 1 amide bonds. The molecule has 52 heavy (non-hydrogen) atoms. The fraction of sp³-hybridized carbons (Fsp3) is 0.936. The Bertz CT molecular complexity index is 728. The second kappa shape index (κ2) is 42.8. The van der Waals surface area contributed by atoms with E-state index in [0.29, 0.717) is 6.42 Å². The number of carbonyl (C=O) groups excluding carboxylic acids is 1. The van der Waals surface area contributed by atoms with Crippen LogP contribution in [0.25, 0.3) is 0 Å². The van der Waals surface area contributed by atoms with E-state index in [1.807, 2.05) is 6.08 Å². The summed E-state index contributed by atoms with van der Waals surface area (Å²) < 4.78 is 0. The van der Waals surface area contributed by atoms with Crippen molar-refractivity contribution in [3.05, 3.63) is 12.2 Å². The molecule has 0 aliphatic rings. The number of hydrogen-bond donors (Lipinski definition) is 4. The summed E-state index contributed by atoms with van der Waals surface area (Å²) >= 11 is 0. The number of amides is 1. The Kier molecular flexibility index (Phi) is 42.1. The highest BCUT2D eigenvalue weighted by molar-refractivity contribution is 5.76. The lowest BCUT2D eigenvalue weighted by Gasteiger charge is -2.21. The van der Waals surface area contributed by atoms with Gasteiger partial charge in [-0.3, -0.25) is 4.79 Å². The van der Waals surface area contributed by atoms with Gasteiger partial charge in [0, 0.05) is 0 Å². The Morgan fingerprint density at radius 2 is 0.788 bits per heavy atom. The van der Waals surface area contributed by atoms with Gasteiger partial charge in [-0.1, -0.05) is 244 Å². The van der Waals surface area contributed by atoms with E-state index in [0.717, 1.165) is 25.7 Å². The van der Waals surface area contributed by atoms with Crippen LogP contribution in [0.4, 0.5) is 0 Å². The van der Waals surface area contributed by atoms with Crippen molar-refractivity contribution in [2.75, 3.05) is 6.61 Å². The second-order valence-corrected chi connectivity index (χ2v) is 16.4. The van der Waals surface area contributed by atoms with Gasteiger partial charge in [0.05, 0.1) is 31.3 Å². The number of carbonyl (C=O) groups is 1. The van der Waals surface area contributed by atoms with Crippen LogP contribution in [0, 0.1) is 0 Å². The van der Waals surface area contributed by atoms with Crippen molar-refractivity contribution in [2.45, 2.75) is 276 Å². The molecule has 3 unspecified atom stereocenters. The minimum absolute atomic E-state index is 0.0187. The first kappa shape index (κ1) is 51.1. The first-order valence-corrected chi connectivity index (χ1v) is 23.5. The molecule has 0 saturated heterocycles. The van der Waals surface area contributed by atoms with E-state index < -0.39 is 18.2 Å². The summed E-state index contributed by atoms with van der Waals surface area (Å²) in [5, 5.41) is 33.2. The van der Waals surface area contributed by atoms with Crippen LogP contribution in [0.5, 0.6) is 0 Å². The zero-order valence-corrected chi connectivity index (χ0v) is 35.2. The van der Waals surface area contributed by atoms with Crippen LogP contribution >= 0.6 is 0 Å². The van der Waals surface area contributed by atoms with Crippen molar-refractivity contribution in [3.63, 3.8) is 0 Å². The zero-order valence-electron chi connectivity index (χ0n) is 35.2. The summed E-state index contributed by atoms with van der Waals surface area (Å²) in [5.74, 6) is -0.312. The van der Waals surface area contributed by atoms with Gasteiger partial charge in [-0.2, -0.15) is 0 Å². The lowest BCUT2D eigenvalue weighted by Crippen LogP contribution is -2.45. The van der Waals surface area contributed by atoms with Gasteiger partial charge in [0.15, 0.2) is 0 Å². The molecule has 0 aliphatic heterocycles. The third kappa shape index (κ3) is 38.8. The second-order valence-electron chi connectivity index (χ2n) is 16.4. The highest BCUT2D eigenvalue weighted by Crippen LogP contribution is 2.17. The van der Waals surface area contributed by atoms with Gasteiger partial charge in [0.2, 0.25) is 5.91 Å². The minimum atomic E-state index is -0.923. The molecule has 0 aliphatic carbocycles. The first-order chi connectivity index (χ1) is 25.5. The largest absolute Gasteiger partial charge is 0.394 e. The molecule has 4 N–H and O–H groups in total. The average Bonchev–Trinajstić information content (AvgIpc) is 3.14. The topological polar surface area (TPSA) is 89.8 Å². The molecule has 5 heteroatoms. The third-order valence-corrected chi connectivity index (χ3v) is 11.1. The van der Waals surface area contributed by atoms with Crippen LogP contribution in [-0.2, 0) is 4.79 Å². The van der Waals surface area contributed by atoms with Crippen molar-refractivity contribution in [3.8, 4) is 0 Å². The predicted octanol–water partition coefficient (Wildman–Crippen LogP) is 13.6. The summed E-state index contributed by atoms with van der Waals surface area (Å²) in [6.45, 7) is 4.21. The molecule has 0 aromatic rings. The van der Waals surface area contributed by atoms with Gasteiger partial charge in [-0.05, 0) is 19.3 Å². The van der Waals surface area contributed by atoms with Crippen molar-refractivity contribution in [1.82, 2.24) is 5.32 Å². The van der Waals surface area contributed by atoms with Crippen molar-refractivity contribution in [1.29, 1.82) is 0 Å². The van der Waals surface area contributed by atoms with E-state index in [1.165, 1.54) is 205 Å². The minimum Gasteiger partial charge on any atom is -0.394 e. The maximum atomic E-state index is 12.4. The predicted molar refractivity (Wildman–Crippen MR) is 227 cm³/mol. The van der Waals surface area contributed by atoms with Gasteiger partial charge >= 0.3 is 0 Å². The van der Waals surface area contributed by atoms with E-state index in [9.17, 15) is 20.1 Å². The Balaban J connectivity index is 3.51. The number of aliphatic hydroxyl groups excluding tert-OH is 3. The quantitative estimate of drug-likeness (QED) is 0.0371. The maximum Gasteiger partial charge on any atom is 0.222 e. The summed E-state index contributed by atoms with van der Waals surface area (Å²) in [6.07, 6.45) is 50.9. The molecule has 0 heterocycles. The zero-order chi connectivity index (χ0) is 38.0. The Hall–Kier alpha value is -0.910. The number of aliphatic hydroxyl groups is 3. The monoisotopic (exact) mass is 736 g/mol. The van der Waals surface area contributed by atoms with Crippen molar-refractivity contribution >= 4 is 5.91 Å². The Labute approximate surface area is 325 Å². The fourth-order valence-electron chi connectivity index (χ4n) is 7.46. The summed E-state index contributed by atoms with van der Waals surface area (Å²) in [6, 6.07) is -0.738. The van der Waals surface area contributed by atoms with Crippen LogP contribution < -0.4 is 5.32 Å². The summed E-state index contributed by atoms with van der Waals surface area (Å²) in [4.78, 5) is 12.4. The maximum absolute atomic E-state index is 12.4. The van der Waals surface area contributed by atoms with Gasteiger partial charge < -0.3 is 20.6 Å². The van der Waals surface area contributed by atoms with E-state index in [-0.39, 0.29) is 18.9 Å². The number of allylic oxidation sites excluding steroid dienone is 1. The lowest BCUT2D eigenvalue weighted by atomic mass is 10.0. The molecular weight excluding hydrogens is 643 g/mol. The number of nitrogens with one attached hydrogen (secondary N) is 1. The fourth-order valence-corrected chi connectivity index (χ4v) is 7.46. The molecule has 5 nitrogen and oxygen atoms in total. The third-order valence-electron chi connectivity index (χ3n) is 11.1. The molecule has 0 bridgehead atoms. The first-order valence-electron chi connectivity index (χ1n) is 23.5. The van der Waals surface area contributed by atoms with E-state index in [2.05, 4.69) is 19.2 Å². The normalized spacial score (nSPS) is 13.6. The van der Waals surface area contributed by atoms with Crippen LogP contribution in [-0.4, -0.2) is 46.1 Å². The molecule has 0 aromatic carbocycles. The van der Waals surface area contributed by atoms with Gasteiger partial charge in [0.1, 0.15) is 0 Å². The average molecular weight is 736 g/mol. The molecule has 0 rings (SSSR count). The molecule has 310 valence electrons. The van der Waals surface area contributed by atoms with Gasteiger partial charge in [-0.15, -0.1) is 0 Å². The number of unbranched alkanes of at least 4 members (excludes halogenated alkanes) is 34. The molecule has 3 atom stereocenters. The Morgan fingerprint density at radius 1 is 0.481 bits per heavy atom. The Morgan fingerprint density at radius 3 is 1.12 bits per heavy atom. The van der Waals surface area contributed by atoms with E-state index >= 15 is 0 Å². The molecule has 0 aromatic heterocycles. The highest BCUT2D eigenvalue weighted by atomic mass is 16.3. The number of hydrogen-bond acceptors (Lipinski definition) is 4. The molecule has 0 spiro atoms. The van der Waals surface area contributed by atoms with Gasteiger partial charge in [0.25, 0.3) is 0 Å². The standard InChI is InChI=1S/C47H93NO4/c1-3-5-7-9-11-13-15-16-17-18-19-20-21-22-23-24-25-26-27-28-29-31-32-34-36-38-40-44(50)42-47(52)48-45(43-49)46(51)41-39-37-35-33-30-14-12-10-8-6-4-2/h39,41,44-46,49-51H,3-38,40,42-43H2,1-2H3,(H,48,52)/b41-39+. The highest BCUT2D eigenvalue weighted by Gasteiger charge is 2.20. The van der Waals surface area contributed by atoms with Crippen LogP contribution in [0.3, 0.4) is 0 Å². The van der Waals surface area contributed by atoms with Crippen LogP contribution in [0.1, 0.15) is 258 Å². The van der Waals surface area contributed by atoms with Crippen molar-refractivity contribution < 1.29 is 20.1 Å². The van der Waals surface area contributed by atoms with Gasteiger partial charge in [-0.25, -0.2) is 0 Å². The summed E-state index contributed by atoms with van der Waals surface area (Å²) in [7, 11) is 0. The van der Waals surface area contributed by atoms with Crippen LogP contribution in [0.2, 0.25) is 0 Å². The lowest BCUT2D eigenvalue weighted by molar-refractivity contribution is -0.124. The van der Waals surface area contributed by atoms with Crippen molar-refractivity contribution in [2.24, 2.45) is 0 Å². The number of rotatable bonds is 43. The van der Waals surface area contributed by atoms with Crippen LogP contribution in [0.15, 0.2) is 12.2 Å².